The predicted molar refractivity (Wildman–Crippen MR) is 129 cm³/mol. The van der Waals surface area contributed by atoms with E-state index in [2.05, 4.69) is 56.5 Å². The van der Waals surface area contributed by atoms with E-state index in [1.54, 1.807) is 0 Å². The van der Waals surface area contributed by atoms with E-state index in [0.29, 0.717) is 18.2 Å². The second-order valence-corrected chi connectivity index (χ2v) is 10.7. The molecule has 1 unspecified atom stereocenters. The summed E-state index contributed by atoms with van der Waals surface area (Å²) >= 11 is 1.86. The molecule has 32 heavy (non-hydrogen) atoms. The van der Waals surface area contributed by atoms with Crippen molar-refractivity contribution in [1.29, 1.82) is 5.26 Å². The fourth-order valence-electron chi connectivity index (χ4n) is 5.05. The van der Waals surface area contributed by atoms with Gasteiger partial charge in [-0.25, -0.2) is 9.29 Å². The number of fused-ring (bicyclic) bond motifs is 1. The Morgan fingerprint density at radius 3 is 2.94 bits per heavy atom. The van der Waals surface area contributed by atoms with Crippen LogP contribution in [0, 0.1) is 23.2 Å². The topological polar surface area (TPSA) is 88.1 Å². The van der Waals surface area contributed by atoms with Crippen molar-refractivity contribution in [2.75, 3.05) is 37.2 Å². The summed E-state index contributed by atoms with van der Waals surface area (Å²) in [4.78, 5) is 22.7. The fraction of sp³-hybridized carbons (Fsp3) is 0.542. The molecular weight excluding hydrogens is 420 g/mol. The Labute approximate surface area is 193 Å². The lowest BCUT2D eigenvalue weighted by atomic mass is 9.82. The Hall–Kier alpha value is -2.34. The summed E-state index contributed by atoms with van der Waals surface area (Å²) in [5, 5.41) is 13.6. The zero-order valence-corrected chi connectivity index (χ0v) is 19.5. The highest BCUT2D eigenvalue weighted by atomic mass is 32.2. The first-order chi connectivity index (χ1) is 15.5. The molecule has 5 rings (SSSR count). The molecule has 4 heterocycles. The first kappa shape index (κ1) is 21.5. The third-order valence-corrected chi connectivity index (χ3v) is 7.81. The fourth-order valence-corrected chi connectivity index (χ4v) is 6.07. The van der Waals surface area contributed by atoms with Crippen LogP contribution in [-0.2, 0) is 4.79 Å². The molecule has 2 fully saturated rings. The monoisotopic (exact) mass is 450 g/mol. The summed E-state index contributed by atoms with van der Waals surface area (Å²) < 4.78 is 2.38. The normalized spacial score (nSPS) is 23.4. The van der Waals surface area contributed by atoms with Gasteiger partial charge >= 0.3 is 0 Å². The molecule has 168 valence electrons. The predicted octanol–water partition coefficient (Wildman–Crippen LogP) is 3.88. The van der Waals surface area contributed by atoms with Gasteiger partial charge in [0.1, 0.15) is 11.5 Å². The Bertz CT molecular complexity index is 1090. The van der Waals surface area contributed by atoms with Gasteiger partial charge < -0.3 is 10.3 Å². The lowest BCUT2D eigenvalue weighted by molar-refractivity contribution is -0.117. The van der Waals surface area contributed by atoms with Gasteiger partial charge in [-0.15, -0.1) is 0 Å². The maximum atomic E-state index is 12.3. The number of aromatic nitrogens is 2. The van der Waals surface area contributed by atoms with Crippen molar-refractivity contribution in [3.63, 3.8) is 0 Å². The van der Waals surface area contributed by atoms with Gasteiger partial charge in [0.2, 0.25) is 5.91 Å². The molecule has 2 aromatic heterocycles. The average Bonchev–Trinajstić information content (AvgIpc) is 3.50. The van der Waals surface area contributed by atoms with Crippen LogP contribution in [0.5, 0.6) is 0 Å². The van der Waals surface area contributed by atoms with E-state index >= 15 is 0 Å². The molecular formula is C24H30N6OS. The molecule has 2 N–H and O–H groups in total. The minimum Gasteiger partial charge on any atom is -0.346 e. The largest absolute Gasteiger partial charge is 0.346 e. The third-order valence-electron chi connectivity index (χ3n) is 6.93. The highest BCUT2D eigenvalue weighted by Gasteiger charge is 2.48. The van der Waals surface area contributed by atoms with Gasteiger partial charge in [-0.05, 0) is 42.0 Å². The minimum atomic E-state index is -0.0434. The summed E-state index contributed by atoms with van der Waals surface area (Å²) in [6, 6.07) is 6.53. The van der Waals surface area contributed by atoms with E-state index in [0.717, 1.165) is 61.4 Å². The van der Waals surface area contributed by atoms with Gasteiger partial charge in [0, 0.05) is 49.4 Å². The number of rotatable bonds is 7. The molecule has 1 atom stereocenters. The van der Waals surface area contributed by atoms with Crippen LogP contribution in [0.4, 0.5) is 5.82 Å². The number of carbonyl (C=O) groups is 1. The van der Waals surface area contributed by atoms with Crippen LogP contribution in [0.15, 0.2) is 24.4 Å². The molecule has 1 amide bonds. The van der Waals surface area contributed by atoms with Gasteiger partial charge in [-0.2, -0.15) is 5.26 Å². The number of nitriles is 1. The van der Waals surface area contributed by atoms with Crippen LogP contribution >= 0.6 is 11.9 Å². The number of nitrogens with one attached hydrogen (secondary N) is 2. The van der Waals surface area contributed by atoms with Crippen molar-refractivity contribution in [2.24, 2.45) is 11.8 Å². The molecule has 0 aromatic carbocycles. The summed E-state index contributed by atoms with van der Waals surface area (Å²) in [5.41, 5.74) is 3.19. The molecule has 0 bridgehead atoms. The molecule has 0 spiro atoms. The summed E-state index contributed by atoms with van der Waals surface area (Å²) in [6.45, 7) is 8.09. The number of pyridine rings is 1. The number of hydrogen-bond donors (Lipinski definition) is 2. The van der Waals surface area contributed by atoms with Gasteiger partial charge in [-0.1, -0.05) is 31.9 Å². The lowest BCUT2D eigenvalue weighted by Gasteiger charge is -2.55. The summed E-state index contributed by atoms with van der Waals surface area (Å²) in [6.07, 6.45) is 6.74. The molecule has 1 saturated heterocycles. The van der Waals surface area contributed by atoms with E-state index in [1.807, 2.05) is 24.2 Å². The maximum absolute atomic E-state index is 12.3. The Morgan fingerprint density at radius 2 is 2.25 bits per heavy atom. The van der Waals surface area contributed by atoms with Crippen LogP contribution in [-0.4, -0.2) is 62.6 Å². The van der Waals surface area contributed by atoms with Gasteiger partial charge in [0.15, 0.2) is 0 Å². The number of H-pyrrole nitrogens is 1. The van der Waals surface area contributed by atoms with Crippen LogP contribution in [0.2, 0.25) is 0 Å². The van der Waals surface area contributed by atoms with Crippen molar-refractivity contribution in [3.05, 3.63) is 30.0 Å². The highest BCUT2D eigenvalue weighted by Crippen LogP contribution is 2.40. The number of carbonyl (C=O) groups excluding carboxylic acids is 1. The van der Waals surface area contributed by atoms with Gasteiger partial charge in [0.05, 0.1) is 18.0 Å². The van der Waals surface area contributed by atoms with E-state index < -0.39 is 0 Å². The van der Waals surface area contributed by atoms with E-state index in [4.69, 9.17) is 0 Å². The Morgan fingerprint density at radius 1 is 1.44 bits per heavy atom. The van der Waals surface area contributed by atoms with Crippen LogP contribution in [0.3, 0.4) is 0 Å². The molecule has 1 saturated carbocycles. The number of hydrogen-bond acceptors (Lipinski definition) is 6. The smallest absolute Gasteiger partial charge is 0.228 e. The zero-order valence-electron chi connectivity index (χ0n) is 18.7. The number of nitrogens with zero attached hydrogens (tertiary/aromatic N) is 4. The second kappa shape index (κ2) is 8.54. The van der Waals surface area contributed by atoms with Crippen LogP contribution in [0.25, 0.3) is 16.6 Å². The number of aromatic amines is 1. The first-order valence-electron chi connectivity index (χ1n) is 11.5. The van der Waals surface area contributed by atoms with Crippen molar-refractivity contribution >= 4 is 40.3 Å². The van der Waals surface area contributed by atoms with Gasteiger partial charge in [0.25, 0.3) is 0 Å². The number of amides is 1. The molecule has 8 heteroatoms. The SMILES string of the molecule is CCSN1CC(CC#N)(N2CC=C(c3cc(NC(=O)C4CC4)nc4[nH]ccc34)C(C)C2)C1. The standard InChI is InChI=1S/C24H30N6OS/c1-3-32-30-14-24(15-30,8-9-25)29-11-7-18(16(2)13-29)20-12-21(28-23(31)17-4-5-17)27-22-19(20)6-10-26-22/h6-7,10,12,16-17H,3-5,8,11,13-15H2,1-2H3,(H2,26,27,28,31). The first-order valence-corrected chi connectivity index (χ1v) is 12.5. The molecule has 7 nitrogen and oxygen atoms in total. The third kappa shape index (κ3) is 3.94. The average molecular weight is 451 g/mol. The van der Waals surface area contributed by atoms with Gasteiger partial charge in [-0.3, -0.25) is 9.69 Å². The minimum absolute atomic E-state index is 0.0434. The van der Waals surface area contributed by atoms with E-state index in [9.17, 15) is 10.1 Å². The number of anilines is 1. The van der Waals surface area contributed by atoms with E-state index in [-0.39, 0.29) is 17.4 Å². The van der Waals surface area contributed by atoms with Crippen LogP contribution < -0.4 is 5.32 Å². The molecule has 0 radical (unpaired) electrons. The molecule has 2 aliphatic heterocycles. The second-order valence-electron chi connectivity index (χ2n) is 9.30. The van der Waals surface area contributed by atoms with Crippen molar-refractivity contribution in [3.8, 4) is 6.07 Å². The molecule has 2 aromatic rings. The summed E-state index contributed by atoms with van der Waals surface area (Å²) in [7, 11) is 0. The molecule has 1 aliphatic carbocycles. The zero-order chi connectivity index (χ0) is 22.3. The Kier molecular flexibility index (Phi) is 5.74. The van der Waals surface area contributed by atoms with Crippen molar-refractivity contribution in [2.45, 2.75) is 38.6 Å². The Balaban J connectivity index is 1.40. The molecule has 3 aliphatic rings. The maximum Gasteiger partial charge on any atom is 0.228 e. The highest BCUT2D eigenvalue weighted by molar-refractivity contribution is 7.97. The van der Waals surface area contributed by atoms with Crippen molar-refractivity contribution in [1.82, 2.24) is 19.2 Å². The summed E-state index contributed by atoms with van der Waals surface area (Å²) in [5.74, 6) is 2.22. The lowest BCUT2D eigenvalue weighted by Crippen LogP contribution is -2.69. The quantitative estimate of drug-likeness (QED) is 0.623. The van der Waals surface area contributed by atoms with E-state index in [1.165, 1.54) is 5.57 Å². The van der Waals surface area contributed by atoms with Crippen molar-refractivity contribution < 1.29 is 4.79 Å². The van der Waals surface area contributed by atoms with Crippen LogP contribution in [0.1, 0.15) is 38.7 Å².